The Morgan fingerprint density at radius 1 is 1.11 bits per heavy atom. The van der Waals surface area contributed by atoms with E-state index in [-0.39, 0.29) is 0 Å². The molecule has 0 saturated heterocycles. The number of hydrogen-bond donors (Lipinski definition) is 0. The van der Waals surface area contributed by atoms with E-state index in [1.807, 2.05) is 26.0 Å². The molecule has 0 unspecified atom stereocenters. The Kier molecular flexibility index (Phi) is 19.0. The van der Waals surface area contributed by atoms with E-state index < -0.39 is 0 Å². The van der Waals surface area contributed by atoms with Gasteiger partial charge in [0.15, 0.2) is 0 Å². The molecule has 0 aliphatic carbocycles. The fourth-order valence-corrected chi connectivity index (χ4v) is 0.112. The highest BCUT2D eigenvalue weighted by Gasteiger charge is 1.65. The third-order valence-electron chi connectivity index (χ3n) is 0.520. The number of nitrogens with zero attached hydrogens (tertiary/aromatic N) is 2. The van der Waals surface area contributed by atoms with Gasteiger partial charge < -0.3 is 0 Å². The van der Waals surface area contributed by atoms with Crippen LogP contribution in [0.5, 0.6) is 0 Å². The number of unbranched alkanes of at least 4 members (excludes halogenated alkanes) is 1. The molecular weight excluding hydrogens is 112 g/mol. The van der Waals surface area contributed by atoms with Crippen LogP contribution in [0, 0.1) is 22.7 Å². The lowest BCUT2D eigenvalue weighted by Gasteiger charge is -1.65. The minimum absolute atomic E-state index is 0.625. The van der Waals surface area contributed by atoms with Gasteiger partial charge in [-0.15, -0.1) is 0 Å². The van der Waals surface area contributed by atoms with Gasteiger partial charge in [0.1, 0.15) is 0 Å². The molecular formula is C7H12N2. The zero-order valence-electron chi connectivity index (χ0n) is 6.02. The minimum atomic E-state index is 0.625. The van der Waals surface area contributed by atoms with E-state index in [0.29, 0.717) is 12.8 Å². The molecule has 9 heavy (non-hydrogen) atoms. The standard InChI is InChI=1S/C4H7N.C3H5N/c1-2-3-4-5;1-2-3-4/h2-3H2,1H3;2H2,1H3. The molecule has 0 fully saturated rings. The lowest BCUT2D eigenvalue weighted by atomic mass is 10.4. The van der Waals surface area contributed by atoms with Crippen molar-refractivity contribution < 1.29 is 0 Å². The maximum Gasteiger partial charge on any atom is 0.0621 e. The molecule has 0 aromatic rings. The van der Waals surface area contributed by atoms with Crippen LogP contribution in [-0.4, -0.2) is 0 Å². The monoisotopic (exact) mass is 124 g/mol. The van der Waals surface area contributed by atoms with Crippen LogP contribution >= 0.6 is 0 Å². The molecule has 0 aromatic carbocycles. The second-order valence-electron chi connectivity index (χ2n) is 1.42. The quantitative estimate of drug-likeness (QED) is 0.538. The molecule has 0 heterocycles. The number of rotatable bonds is 1. The minimum Gasteiger partial charge on any atom is -0.198 e. The summed E-state index contributed by atoms with van der Waals surface area (Å²) in [5, 5.41) is 15.4. The van der Waals surface area contributed by atoms with Crippen molar-refractivity contribution in [2.45, 2.75) is 33.1 Å². The second-order valence-corrected chi connectivity index (χ2v) is 1.42. The van der Waals surface area contributed by atoms with Gasteiger partial charge >= 0.3 is 0 Å². The Labute approximate surface area is 56.7 Å². The van der Waals surface area contributed by atoms with Gasteiger partial charge in [-0.1, -0.05) is 13.8 Å². The molecule has 2 heteroatoms. The number of nitriles is 2. The molecule has 0 N–H and O–H groups in total. The van der Waals surface area contributed by atoms with E-state index in [2.05, 4.69) is 0 Å². The summed E-state index contributed by atoms with van der Waals surface area (Å²) in [5.41, 5.74) is 0. The first kappa shape index (κ1) is 10.9. The van der Waals surface area contributed by atoms with Gasteiger partial charge in [-0.3, -0.25) is 0 Å². The third kappa shape index (κ3) is 44.2. The van der Waals surface area contributed by atoms with E-state index in [1.165, 1.54) is 0 Å². The van der Waals surface area contributed by atoms with Crippen molar-refractivity contribution in [2.75, 3.05) is 0 Å². The van der Waals surface area contributed by atoms with Crippen LogP contribution in [0.4, 0.5) is 0 Å². The Hall–Kier alpha value is -1.02. The Balaban J connectivity index is 0. The summed E-state index contributed by atoms with van der Waals surface area (Å²) < 4.78 is 0. The molecule has 0 aliphatic heterocycles. The average Bonchev–Trinajstić information content (AvgIpc) is 1.91. The number of hydrogen-bond acceptors (Lipinski definition) is 2. The van der Waals surface area contributed by atoms with Crippen LogP contribution in [0.1, 0.15) is 33.1 Å². The summed E-state index contributed by atoms with van der Waals surface area (Å²) in [6.07, 6.45) is 2.30. The molecule has 0 bridgehead atoms. The Bertz CT molecular complexity index is 105. The van der Waals surface area contributed by atoms with Crippen molar-refractivity contribution in [2.24, 2.45) is 0 Å². The molecule has 0 saturated carbocycles. The van der Waals surface area contributed by atoms with Crippen molar-refractivity contribution in [1.29, 1.82) is 10.5 Å². The summed E-state index contributed by atoms with van der Waals surface area (Å²) in [6.45, 7) is 3.81. The first-order chi connectivity index (χ1) is 4.33. The summed E-state index contributed by atoms with van der Waals surface area (Å²) in [4.78, 5) is 0. The SMILES string of the molecule is CCC#N.CCCC#N. The fourth-order valence-electron chi connectivity index (χ4n) is 0.112. The normalized spacial score (nSPS) is 5.78. The Morgan fingerprint density at radius 2 is 1.56 bits per heavy atom. The van der Waals surface area contributed by atoms with E-state index in [1.54, 1.807) is 0 Å². The molecule has 0 spiro atoms. The molecule has 2 nitrogen and oxygen atoms in total. The highest BCUT2D eigenvalue weighted by molar-refractivity contribution is 4.65. The average molecular weight is 124 g/mol. The molecule has 0 radical (unpaired) electrons. The summed E-state index contributed by atoms with van der Waals surface area (Å²) in [5.74, 6) is 0. The highest BCUT2D eigenvalue weighted by atomic mass is 14.2. The fraction of sp³-hybridized carbons (Fsp3) is 0.714. The van der Waals surface area contributed by atoms with E-state index in [0.717, 1.165) is 6.42 Å². The molecule has 0 aliphatic rings. The smallest absolute Gasteiger partial charge is 0.0621 e. The molecule has 0 atom stereocenters. The predicted molar refractivity (Wildman–Crippen MR) is 36.4 cm³/mol. The van der Waals surface area contributed by atoms with Gasteiger partial charge in [0.2, 0.25) is 0 Å². The molecule has 0 rings (SSSR count). The summed E-state index contributed by atoms with van der Waals surface area (Å²) in [6, 6.07) is 3.95. The van der Waals surface area contributed by atoms with Gasteiger partial charge in [0.05, 0.1) is 12.1 Å². The van der Waals surface area contributed by atoms with Crippen molar-refractivity contribution in [3.05, 3.63) is 0 Å². The lowest BCUT2D eigenvalue weighted by molar-refractivity contribution is 0.969. The summed E-state index contributed by atoms with van der Waals surface area (Å²) >= 11 is 0. The van der Waals surface area contributed by atoms with Crippen LogP contribution in [0.2, 0.25) is 0 Å². The highest BCUT2D eigenvalue weighted by Crippen LogP contribution is 1.77. The van der Waals surface area contributed by atoms with Crippen LogP contribution in [0.3, 0.4) is 0 Å². The van der Waals surface area contributed by atoms with E-state index in [4.69, 9.17) is 10.5 Å². The third-order valence-corrected chi connectivity index (χ3v) is 0.520. The van der Waals surface area contributed by atoms with Crippen LogP contribution < -0.4 is 0 Å². The van der Waals surface area contributed by atoms with Crippen LogP contribution in [0.25, 0.3) is 0 Å². The predicted octanol–water partition coefficient (Wildman–Crippen LogP) is 2.23. The van der Waals surface area contributed by atoms with Crippen molar-refractivity contribution in [3.8, 4) is 12.1 Å². The van der Waals surface area contributed by atoms with Gasteiger partial charge in [0, 0.05) is 12.8 Å². The topological polar surface area (TPSA) is 47.6 Å². The zero-order chi connectivity index (χ0) is 7.54. The zero-order valence-corrected chi connectivity index (χ0v) is 6.02. The first-order valence-electron chi connectivity index (χ1n) is 3.07. The molecule has 50 valence electrons. The maximum absolute atomic E-state index is 7.82. The van der Waals surface area contributed by atoms with Crippen molar-refractivity contribution >= 4 is 0 Å². The lowest BCUT2D eigenvalue weighted by Crippen LogP contribution is -1.53. The van der Waals surface area contributed by atoms with Crippen molar-refractivity contribution in [3.63, 3.8) is 0 Å². The van der Waals surface area contributed by atoms with Crippen molar-refractivity contribution in [1.82, 2.24) is 0 Å². The molecule has 0 aromatic heterocycles. The largest absolute Gasteiger partial charge is 0.198 e. The summed E-state index contributed by atoms with van der Waals surface area (Å²) in [7, 11) is 0. The van der Waals surface area contributed by atoms with Gasteiger partial charge in [-0.25, -0.2) is 0 Å². The van der Waals surface area contributed by atoms with Gasteiger partial charge in [-0.2, -0.15) is 10.5 Å². The second kappa shape index (κ2) is 15.8. The van der Waals surface area contributed by atoms with Gasteiger partial charge in [0.25, 0.3) is 0 Å². The van der Waals surface area contributed by atoms with Crippen LogP contribution in [-0.2, 0) is 0 Å². The van der Waals surface area contributed by atoms with E-state index in [9.17, 15) is 0 Å². The van der Waals surface area contributed by atoms with Crippen LogP contribution in [0.15, 0.2) is 0 Å². The first-order valence-corrected chi connectivity index (χ1v) is 3.07. The van der Waals surface area contributed by atoms with E-state index >= 15 is 0 Å². The van der Waals surface area contributed by atoms with Gasteiger partial charge in [-0.05, 0) is 6.42 Å². The maximum atomic E-state index is 7.82. The molecule has 0 amide bonds. The Morgan fingerprint density at radius 3 is 1.56 bits per heavy atom.